The molecule has 0 bridgehead atoms. The normalized spacial score (nSPS) is 10.6. The highest BCUT2D eigenvalue weighted by Crippen LogP contribution is 2.15. The Balaban J connectivity index is 0.00000200. The number of hydrogen-bond acceptors (Lipinski definition) is 4. The SMILES string of the molecule is CCN(CC)CCOc1ccc2nc[nH]c(=O)c2c1.Cl. The highest BCUT2D eigenvalue weighted by molar-refractivity contribution is 5.85. The molecule has 110 valence electrons. The van der Waals surface area contributed by atoms with Gasteiger partial charge in [0.15, 0.2) is 0 Å². The van der Waals surface area contributed by atoms with Crippen LogP contribution in [0.25, 0.3) is 10.9 Å². The van der Waals surface area contributed by atoms with Gasteiger partial charge in [-0.3, -0.25) is 4.79 Å². The van der Waals surface area contributed by atoms with Crippen molar-refractivity contribution in [3.8, 4) is 5.75 Å². The molecule has 0 saturated carbocycles. The lowest BCUT2D eigenvalue weighted by Gasteiger charge is -2.18. The summed E-state index contributed by atoms with van der Waals surface area (Å²) in [6, 6.07) is 5.39. The Bertz CT molecular complexity index is 596. The number of fused-ring (bicyclic) bond motifs is 1. The van der Waals surface area contributed by atoms with Gasteiger partial charge in [0.05, 0.1) is 17.2 Å². The Hall–Kier alpha value is -1.59. The number of halogens is 1. The molecule has 0 aliphatic carbocycles. The smallest absolute Gasteiger partial charge is 0.258 e. The molecule has 0 radical (unpaired) electrons. The van der Waals surface area contributed by atoms with Crippen molar-refractivity contribution >= 4 is 23.3 Å². The molecule has 0 unspecified atom stereocenters. The second-order valence-corrected chi connectivity index (χ2v) is 4.29. The van der Waals surface area contributed by atoms with Crippen LogP contribution in [-0.2, 0) is 0 Å². The van der Waals surface area contributed by atoms with Crippen molar-refractivity contribution in [3.05, 3.63) is 34.9 Å². The maximum Gasteiger partial charge on any atom is 0.258 e. The third-order valence-corrected chi connectivity index (χ3v) is 3.18. The number of aromatic nitrogens is 2. The van der Waals surface area contributed by atoms with E-state index in [9.17, 15) is 4.79 Å². The molecule has 0 aliphatic rings. The number of benzene rings is 1. The molecular formula is C14H20ClN3O2. The largest absolute Gasteiger partial charge is 0.492 e. The fourth-order valence-corrected chi connectivity index (χ4v) is 1.97. The zero-order valence-corrected chi connectivity index (χ0v) is 12.6. The van der Waals surface area contributed by atoms with Crippen LogP contribution in [0.1, 0.15) is 13.8 Å². The lowest BCUT2D eigenvalue weighted by atomic mass is 10.2. The summed E-state index contributed by atoms with van der Waals surface area (Å²) in [5.74, 6) is 0.707. The summed E-state index contributed by atoms with van der Waals surface area (Å²) >= 11 is 0. The first-order chi connectivity index (χ1) is 9.24. The summed E-state index contributed by atoms with van der Waals surface area (Å²) in [7, 11) is 0. The van der Waals surface area contributed by atoms with Gasteiger partial charge in [0.1, 0.15) is 12.4 Å². The first-order valence-electron chi connectivity index (χ1n) is 6.57. The van der Waals surface area contributed by atoms with E-state index in [1.54, 1.807) is 12.1 Å². The maximum absolute atomic E-state index is 11.6. The summed E-state index contributed by atoms with van der Waals surface area (Å²) in [6.45, 7) is 7.79. The Labute approximate surface area is 124 Å². The lowest BCUT2D eigenvalue weighted by Crippen LogP contribution is -2.27. The van der Waals surface area contributed by atoms with Gasteiger partial charge in [-0.2, -0.15) is 0 Å². The highest BCUT2D eigenvalue weighted by atomic mass is 35.5. The van der Waals surface area contributed by atoms with Crippen molar-refractivity contribution in [2.24, 2.45) is 0 Å². The molecule has 0 saturated heterocycles. The highest BCUT2D eigenvalue weighted by Gasteiger charge is 2.03. The monoisotopic (exact) mass is 297 g/mol. The molecule has 6 heteroatoms. The topological polar surface area (TPSA) is 58.2 Å². The van der Waals surface area contributed by atoms with Crippen LogP contribution in [-0.4, -0.2) is 41.1 Å². The Morgan fingerprint density at radius 2 is 2.05 bits per heavy atom. The van der Waals surface area contributed by atoms with Crippen molar-refractivity contribution < 1.29 is 4.74 Å². The summed E-state index contributed by atoms with van der Waals surface area (Å²) in [6.07, 6.45) is 1.41. The molecule has 1 heterocycles. The fourth-order valence-electron chi connectivity index (χ4n) is 1.97. The van der Waals surface area contributed by atoms with Crippen LogP contribution in [0.15, 0.2) is 29.3 Å². The van der Waals surface area contributed by atoms with Gasteiger partial charge in [-0.05, 0) is 31.3 Å². The minimum atomic E-state index is -0.140. The first kappa shape index (κ1) is 16.5. The predicted molar refractivity (Wildman–Crippen MR) is 82.9 cm³/mol. The van der Waals surface area contributed by atoms with Crippen molar-refractivity contribution in [1.82, 2.24) is 14.9 Å². The van der Waals surface area contributed by atoms with Gasteiger partial charge >= 0.3 is 0 Å². The average Bonchev–Trinajstić information content (AvgIpc) is 2.44. The number of hydrogen-bond donors (Lipinski definition) is 1. The van der Waals surface area contributed by atoms with E-state index in [0.29, 0.717) is 23.3 Å². The molecule has 0 aliphatic heterocycles. The van der Waals surface area contributed by atoms with E-state index >= 15 is 0 Å². The number of likely N-dealkylation sites (N-methyl/N-ethyl adjacent to an activating group) is 1. The molecule has 1 aromatic carbocycles. The van der Waals surface area contributed by atoms with Gasteiger partial charge in [-0.25, -0.2) is 4.98 Å². The number of ether oxygens (including phenoxy) is 1. The summed E-state index contributed by atoms with van der Waals surface area (Å²) in [5.41, 5.74) is 0.541. The van der Waals surface area contributed by atoms with Gasteiger partial charge in [0.25, 0.3) is 5.56 Å². The molecule has 1 N–H and O–H groups in total. The van der Waals surface area contributed by atoms with Crippen LogP contribution >= 0.6 is 12.4 Å². The molecule has 0 amide bonds. The van der Waals surface area contributed by atoms with E-state index in [1.807, 2.05) is 6.07 Å². The average molecular weight is 298 g/mol. The molecule has 0 spiro atoms. The van der Waals surface area contributed by atoms with Crippen LogP contribution in [0, 0.1) is 0 Å². The van der Waals surface area contributed by atoms with Crippen LogP contribution in [0.2, 0.25) is 0 Å². The maximum atomic E-state index is 11.6. The number of rotatable bonds is 6. The molecule has 2 aromatic rings. The summed E-state index contributed by atoms with van der Waals surface area (Å²) < 4.78 is 5.68. The van der Waals surface area contributed by atoms with E-state index in [1.165, 1.54) is 6.33 Å². The van der Waals surface area contributed by atoms with Gasteiger partial charge in [-0.1, -0.05) is 13.8 Å². The molecule has 0 atom stereocenters. The second kappa shape index (κ2) is 7.87. The molecule has 1 aromatic heterocycles. The lowest BCUT2D eigenvalue weighted by molar-refractivity contribution is 0.223. The van der Waals surface area contributed by atoms with Crippen LogP contribution in [0.4, 0.5) is 0 Å². The zero-order chi connectivity index (χ0) is 13.7. The standard InChI is InChI=1S/C14H19N3O2.ClH/c1-3-17(4-2)7-8-19-11-5-6-13-12(9-11)14(18)16-10-15-13;/h5-6,9-10H,3-4,7-8H2,1-2H3,(H,15,16,18);1H. The number of aromatic amines is 1. The Morgan fingerprint density at radius 3 is 2.75 bits per heavy atom. The van der Waals surface area contributed by atoms with Gasteiger partial charge in [0, 0.05) is 6.54 Å². The number of H-pyrrole nitrogens is 1. The van der Waals surface area contributed by atoms with Crippen LogP contribution in [0.3, 0.4) is 0 Å². The molecule has 5 nitrogen and oxygen atoms in total. The third-order valence-electron chi connectivity index (χ3n) is 3.18. The Kier molecular flexibility index (Phi) is 6.48. The van der Waals surface area contributed by atoms with Crippen molar-refractivity contribution in [2.45, 2.75) is 13.8 Å². The van der Waals surface area contributed by atoms with E-state index < -0.39 is 0 Å². The van der Waals surface area contributed by atoms with Crippen molar-refractivity contribution in [2.75, 3.05) is 26.2 Å². The first-order valence-corrected chi connectivity index (χ1v) is 6.57. The number of nitrogens with zero attached hydrogens (tertiary/aromatic N) is 2. The predicted octanol–water partition coefficient (Wildman–Crippen LogP) is 2.07. The van der Waals surface area contributed by atoms with E-state index in [2.05, 4.69) is 28.7 Å². The third kappa shape index (κ3) is 3.95. The van der Waals surface area contributed by atoms with Gasteiger partial charge < -0.3 is 14.6 Å². The Morgan fingerprint density at radius 1 is 1.30 bits per heavy atom. The zero-order valence-electron chi connectivity index (χ0n) is 11.8. The van der Waals surface area contributed by atoms with Crippen LogP contribution < -0.4 is 10.3 Å². The van der Waals surface area contributed by atoms with Gasteiger partial charge in [-0.15, -0.1) is 12.4 Å². The van der Waals surface area contributed by atoms with Gasteiger partial charge in [0.2, 0.25) is 0 Å². The minimum Gasteiger partial charge on any atom is -0.492 e. The second-order valence-electron chi connectivity index (χ2n) is 4.29. The van der Waals surface area contributed by atoms with E-state index in [0.717, 1.165) is 19.6 Å². The summed E-state index contributed by atoms with van der Waals surface area (Å²) in [5, 5.41) is 0.558. The number of nitrogens with one attached hydrogen (secondary N) is 1. The van der Waals surface area contributed by atoms with E-state index in [4.69, 9.17) is 4.74 Å². The molecule has 20 heavy (non-hydrogen) atoms. The molecular weight excluding hydrogens is 278 g/mol. The van der Waals surface area contributed by atoms with Crippen molar-refractivity contribution in [3.63, 3.8) is 0 Å². The minimum absolute atomic E-state index is 0. The van der Waals surface area contributed by atoms with Crippen LogP contribution in [0.5, 0.6) is 5.75 Å². The fraction of sp³-hybridized carbons (Fsp3) is 0.429. The molecule has 2 rings (SSSR count). The van der Waals surface area contributed by atoms with E-state index in [-0.39, 0.29) is 18.0 Å². The molecule has 0 fully saturated rings. The summed E-state index contributed by atoms with van der Waals surface area (Å²) in [4.78, 5) is 20.6. The van der Waals surface area contributed by atoms with Crippen molar-refractivity contribution in [1.29, 1.82) is 0 Å². The quantitative estimate of drug-likeness (QED) is 0.887.